The number of hydrogen-bond donors (Lipinski definition) is 3. The van der Waals surface area contributed by atoms with E-state index in [1.807, 2.05) is 6.07 Å². The lowest BCUT2D eigenvalue weighted by Gasteiger charge is -2.07. The number of anilines is 2. The predicted octanol–water partition coefficient (Wildman–Crippen LogP) is -0.113. The highest BCUT2D eigenvalue weighted by Gasteiger charge is 2.08. The molecule has 98 valence electrons. The van der Waals surface area contributed by atoms with Gasteiger partial charge >= 0.3 is 0 Å². The molecule has 0 spiro atoms. The molecule has 4 N–H and O–H groups in total. The molecule has 0 atom stereocenters. The first kappa shape index (κ1) is 14.2. The van der Waals surface area contributed by atoms with E-state index in [2.05, 4.69) is 15.0 Å². The molecule has 0 saturated carbocycles. The zero-order valence-electron chi connectivity index (χ0n) is 9.97. The summed E-state index contributed by atoms with van der Waals surface area (Å²) in [6.07, 6.45) is 0. The van der Waals surface area contributed by atoms with Crippen LogP contribution in [0.5, 0.6) is 0 Å². The van der Waals surface area contributed by atoms with Crippen molar-refractivity contribution in [3.05, 3.63) is 17.8 Å². The number of rotatable bonds is 6. The van der Waals surface area contributed by atoms with Crippen molar-refractivity contribution < 1.29 is 8.42 Å². The Morgan fingerprint density at radius 3 is 2.83 bits per heavy atom. The van der Waals surface area contributed by atoms with Crippen LogP contribution in [0.1, 0.15) is 12.6 Å². The number of pyridine rings is 1. The average molecular weight is 269 g/mol. The van der Waals surface area contributed by atoms with Gasteiger partial charge in [-0.25, -0.2) is 18.1 Å². The molecule has 0 amide bonds. The smallest absolute Gasteiger partial charge is 0.213 e. The molecule has 0 aliphatic carbocycles. The van der Waals surface area contributed by atoms with Gasteiger partial charge in [0.15, 0.2) is 5.69 Å². The summed E-state index contributed by atoms with van der Waals surface area (Å²) in [4.78, 5) is 3.94. The standard InChI is InChI=1S/C10H15N5O2S/c1-2-14-18(16,17)6-5-13-10-4-3-8(12)9(7-11)15-10/h3-4,14H,2,5-6,12H2,1H3,(H,13,15). The molecule has 0 fully saturated rings. The topological polar surface area (TPSA) is 121 Å². The van der Waals surface area contributed by atoms with Gasteiger partial charge in [0.05, 0.1) is 11.4 Å². The van der Waals surface area contributed by atoms with Crippen LogP contribution in [0.25, 0.3) is 0 Å². The molecule has 1 aromatic heterocycles. The Balaban J connectivity index is 2.58. The second-order valence-electron chi connectivity index (χ2n) is 3.49. The predicted molar refractivity (Wildman–Crippen MR) is 69.3 cm³/mol. The largest absolute Gasteiger partial charge is 0.396 e. The first-order valence-corrected chi connectivity index (χ1v) is 7.01. The lowest BCUT2D eigenvalue weighted by molar-refractivity contribution is 0.584. The minimum absolute atomic E-state index is 0.0607. The number of nitriles is 1. The monoisotopic (exact) mass is 269 g/mol. The highest BCUT2D eigenvalue weighted by Crippen LogP contribution is 2.11. The first-order valence-electron chi connectivity index (χ1n) is 5.36. The summed E-state index contributed by atoms with van der Waals surface area (Å²) >= 11 is 0. The van der Waals surface area contributed by atoms with Crippen LogP contribution in [0.3, 0.4) is 0 Å². The molecule has 0 radical (unpaired) electrons. The van der Waals surface area contributed by atoms with Crippen LogP contribution in [0, 0.1) is 11.3 Å². The van der Waals surface area contributed by atoms with Gasteiger partial charge in [0.25, 0.3) is 0 Å². The second-order valence-corrected chi connectivity index (χ2v) is 5.42. The van der Waals surface area contributed by atoms with Crippen LogP contribution in [-0.4, -0.2) is 32.2 Å². The van der Waals surface area contributed by atoms with Gasteiger partial charge in [-0.3, -0.25) is 0 Å². The molecular formula is C10H15N5O2S. The van der Waals surface area contributed by atoms with Crippen molar-refractivity contribution in [2.75, 3.05) is 29.9 Å². The molecule has 8 heteroatoms. The maximum absolute atomic E-state index is 11.4. The van der Waals surface area contributed by atoms with Crippen molar-refractivity contribution in [3.8, 4) is 6.07 Å². The molecule has 0 bridgehead atoms. The molecule has 18 heavy (non-hydrogen) atoms. The molecule has 7 nitrogen and oxygen atoms in total. The van der Waals surface area contributed by atoms with Gasteiger partial charge in [0.1, 0.15) is 11.9 Å². The fraction of sp³-hybridized carbons (Fsp3) is 0.400. The highest BCUT2D eigenvalue weighted by molar-refractivity contribution is 7.89. The molecule has 1 aromatic rings. The minimum atomic E-state index is -3.26. The third-order valence-corrected chi connectivity index (χ3v) is 3.54. The highest BCUT2D eigenvalue weighted by atomic mass is 32.2. The van der Waals surface area contributed by atoms with E-state index in [1.54, 1.807) is 19.1 Å². The number of nitrogens with one attached hydrogen (secondary N) is 2. The molecule has 0 aliphatic heterocycles. The minimum Gasteiger partial charge on any atom is -0.396 e. The van der Waals surface area contributed by atoms with E-state index in [0.29, 0.717) is 18.1 Å². The van der Waals surface area contributed by atoms with Gasteiger partial charge in [-0.1, -0.05) is 6.92 Å². The summed E-state index contributed by atoms with van der Waals surface area (Å²) in [7, 11) is -3.26. The van der Waals surface area contributed by atoms with Crippen LogP contribution in [-0.2, 0) is 10.0 Å². The molecule has 0 unspecified atom stereocenters. The summed E-state index contributed by atoms with van der Waals surface area (Å²) in [5, 5.41) is 11.6. The van der Waals surface area contributed by atoms with Crippen molar-refractivity contribution in [3.63, 3.8) is 0 Å². The van der Waals surface area contributed by atoms with Crippen molar-refractivity contribution in [2.24, 2.45) is 0 Å². The maximum Gasteiger partial charge on any atom is 0.213 e. The van der Waals surface area contributed by atoms with Crippen LogP contribution in [0.4, 0.5) is 11.5 Å². The van der Waals surface area contributed by atoms with Gasteiger partial charge in [-0.2, -0.15) is 5.26 Å². The van der Waals surface area contributed by atoms with E-state index < -0.39 is 10.0 Å². The zero-order valence-corrected chi connectivity index (χ0v) is 10.8. The van der Waals surface area contributed by atoms with E-state index in [9.17, 15) is 8.42 Å². The lowest BCUT2D eigenvalue weighted by atomic mass is 10.3. The second kappa shape index (κ2) is 6.18. The number of nitrogen functional groups attached to an aromatic ring is 1. The molecule has 1 heterocycles. The molecule has 1 rings (SSSR count). The third kappa shape index (κ3) is 4.20. The molecule has 0 saturated heterocycles. The van der Waals surface area contributed by atoms with Crippen LogP contribution in [0.2, 0.25) is 0 Å². The van der Waals surface area contributed by atoms with Crippen LogP contribution >= 0.6 is 0 Å². The van der Waals surface area contributed by atoms with E-state index in [0.717, 1.165) is 0 Å². The number of nitrogens with two attached hydrogens (primary N) is 1. The van der Waals surface area contributed by atoms with Gasteiger partial charge in [0.2, 0.25) is 10.0 Å². The van der Waals surface area contributed by atoms with Crippen molar-refractivity contribution >= 4 is 21.5 Å². The van der Waals surface area contributed by atoms with Crippen molar-refractivity contribution in [1.29, 1.82) is 5.26 Å². The van der Waals surface area contributed by atoms with E-state index >= 15 is 0 Å². The SMILES string of the molecule is CCNS(=O)(=O)CCNc1ccc(N)c(C#N)n1. The van der Waals surface area contributed by atoms with Gasteiger partial charge in [0, 0.05) is 13.1 Å². The Labute approximate surface area is 106 Å². The average Bonchev–Trinajstić information content (AvgIpc) is 2.31. The Kier molecular flexibility index (Phi) is 4.88. The van der Waals surface area contributed by atoms with E-state index in [4.69, 9.17) is 11.0 Å². The van der Waals surface area contributed by atoms with Gasteiger partial charge in [-0.15, -0.1) is 0 Å². The maximum atomic E-state index is 11.4. The van der Waals surface area contributed by atoms with E-state index in [-0.39, 0.29) is 18.0 Å². The van der Waals surface area contributed by atoms with Gasteiger partial charge in [-0.05, 0) is 12.1 Å². The normalized spacial score (nSPS) is 10.9. The first-order chi connectivity index (χ1) is 8.48. The van der Waals surface area contributed by atoms with Crippen molar-refractivity contribution in [2.45, 2.75) is 6.92 Å². The lowest BCUT2D eigenvalue weighted by Crippen LogP contribution is -2.29. The molecular weight excluding hydrogens is 254 g/mol. The number of hydrogen-bond acceptors (Lipinski definition) is 6. The summed E-state index contributed by atoms with van der Waals surface area (Å²) in [6, 6.07) is 5.00. The third-order valence-electron chi connectivity index (χ3n) is 2.07. The van der Waals surface area contributed by atoms with Crippen LogP contribution < -0.4 is 15.8 Å². The molecule has 0 aromatic carbocycles. The summed E-state index contributed by atoms with van der Waals surface area (Å²) in [6.45, 7) is 2.28. The number of sulfonamides is 1. The molecule has 0 aliphatic rings. The Morgan fingerprint density at radius 1 is 1.50 bits per heavy atom. The number of nitrogens with zero attached hydrogens (tertiary/aromatic N) is 2. The van der Waals surface area contributed by atoms with E-state index in [1.165, 1.54) is 0 Å². The van der Waals surface area contributed by atoms with Gasteiger partial charge < -0.3 is 11.1 Å². The van der Waals surface area contributed by atoms with Crippen LogP contribution in [0.15, 0.2) is 12.1 Å². The Morgan fingerprint density at radius 2 is 2.22 bits per heavy atom. The fourth-order valence-corrected chi connectivity index (χ4v) is 2.22. The Hall–Kier alpha value is -1.85. The summed E-state index contributed by atoms with van der Waals surface area (Å²) < 4.78 is 25.1. The Bertz CT molecular complexity index is 550. The zero-order chi connectivity index (χ0) is 13.6. The summed E-state index contributed by atoms with van der Waals surface area (Å²) in [5.41, 5.74) is 5.93. The fourth-order valence-electron chi connectivity index (χ4n) is 1.26. The summed E-state index contributed by atoms with van der Waals surface area (Å²) in [5.74, 6) is 0.363. The number of aromatic nitrogens is 1. The van der Waals surface area contributed by atoms with Crippen molar-refractivity contribution in [1.82, 2.24) is 9.71 Å². The quantitative estimate of drug-likeness (QED) is 0.662.